The minimum Gasteiger partial charge on any atom is -0.308 e. The summed E-state index contributed by atoms with van der Waals surface area (Å²) in [5, 5.41) is 3.88. The van der Waals surface area contributed by atoms with Crippen molar-refractivity contribution in [2.45, 2.75) is 69.9 Å². The number of rotatable bonds is 3. The summed E-state index contributed by atoms with van der Waals surface area (Å²) in [4.78, 5) is 2.85. The Morgan fingerprint density at radius 3 is 2.44 bits per heavy atom. The molecule has 18 heavy (non-hydrogen) atoms. The second kappa shape index (κ2) is 3.96. The van der Waals surface area contributed by atoms with Crippen molar-refractivity contribution in [1.29, 1.82) is 0 Å². The van der Waals surface area contributed by atoms with Gasteiger partial charge in [-0.25, -0.2) is 0 Å². The van der Waals surface area contributed by atoms with Crippen molar-refractivity contribution in [3.63, 3.8) is 0 Å². The third-order valence-electron chi connectivity index (χ3n) is 6.32. The normalized spacial score (nSPS) is 38.2. The van der Waals surface area contributed by atoms with Crippen LogP contribution in [0.3, 0.4) is 0 Å². The quantitative estimate of drug-likeness (QED) is 0.826. The molecule has 3 saturated carbocycles. The van der Waals surface area contributed by atoms with E-state index in [0.717, 1.165) is 17.4 Å². The molecule has 1 aliphatic heterocycles. The number of nitrogens with one attached hydrogen (secondary N) is 1. The van der Waals surface area contributed by atoms with Crippen LogP contribution in [0.2, 0.25) is 0 Å². The Morgan fingerprint density at radius 2 is 1.83 bits per heavy atom. The largest absolute Gasteiger partial charge is 0.308 e. The van der Waals surface area contributed by atoms with Crippen LogP contribution in [0.15, 0.2) is 0 Å². The van der Waals surface area contributed by atoms with Crippen LogP contribution in [0.4, 0.5) is 0 Å². The van der Waals surface area contributed by atoms with Crippen LogP contribution < -0.4 is 5.32 Å². The molecule has 2 heteroatoms. The molecule has 1 heterocycles. The van der Waals surface area contributed by atoms with Crippen LogP contribution in [0, 0.1) is 11.3 Å². The van der Waals surface area contributed by atoms with Gasteiger partial charge in [0.1, 0.15) is 0 Å². The average molecular weight is 248 g/mol. The first-order chi connectivity index (χ1) is 8.72. The molecule has 1 N–H and O–H groups in total. The lowest BCUT2D eigenvalue weighted by Gasteiger charge is -2.46. The minimum absolute atomic E-state index is 0.506. The number of piperazine rings is 1. The maximum absolute atomic E-state index is 3.88. The Labute approximate surface area is 111 Å². The highest BCUT2D eigenvalue weighted by Crippen LogP contribution is 2.61. The molecule has 102 valence electrons. The lowest BCUT2D eigenvalue weighted by molar-refractivity contribution is 0.0655. The van der Waals surface area contributed by atoms with E-state index < -0.39 is 0 Å². The Bertz CT molecular complexity index is 322. The molecule has 4 aliphatic rings. The van der Waals surface area contributed by atoms with Crippen molar-refractivity contribution in [2.24, 2.45) is 11.3 Å². The maximum Gasteiger partial charge on any atom is 0.0309 e. The van der Waals surface area contributed by atoms with Crippen LogP contribution >= 0.6 is 0 Å². The molecular weight excluding hydrogens is 220 g/mol. The van der Waals surface area contributed by atoms with E-state index in [4.69, 9.17) is 0 Å². The number of nitrogens with zero attached hydrogens (tertiary/aromatic N) is 1. The first-order valence-corrected chi connectivity index (χ1v) is 8.21. The summed E-state index contributed by atoms with van der Waals surface area (Å²) in [6.07, 6.45) is 11.9. The van der Waals surface area contributed by atoms with Crippen molar-refractivity contribution >= 4 is 0 Å². The van der Waals surface area contributed by atoms with Gasteiger partial charge in [-0.3, -0.25) is 4.90 Å². The second-order valence-corrected chi connectivity index (χ2v) is 7.76. The van der Waals surface area contributed by atoms with Gasteiger partial charge in [0.25, 0.3) is 0 Å². The van der Waals surface area contributed by atoms with Crippen molar-refractivity contribution in [2.75, 3.05) is 19.6 Å². The molecule has 3 aliphatic carbocycles. The highest BCUT2D eigenvalue weighted by molar-refractivity contribution is 5.08. The zero-order chi connectivity index (χ0) is 12.2. The molecule has 0 aromatic heterocycles. The van der Waals surface area contributed by atoms with Crippen LogP contribution in [0.5, 0.6) is 0 Å². The Morgan fingerprint density at radius 1 is 1.11 bits per heavy atom. The molecule has 1 saturated heterocycles. The van der Waals surface area contributed by atoms with Crippen molar-refractivity contribution in [3.05, 3.63) is 0 Å². The van der Waals surface area contributed by atoms with E-state index in [1.165, 1.54) is 71.0 Å². The summed E-state index contributed by atoms with van der Waals surface area (Å²) in [6.45, 7) is 6.41. The standard InChI is InChI=1S/C16H28N2/c1-13-10-17-16(6-2-3-7-16)12-18(13)11-15(8-9-15)14-4-5-14/h13-14,17H,2-12H2,1H3. The van der Waals surface area contributed by atoms with E-state index in [2.05, 4.69) is 17.1 Å². The Balaban J connectivity index is 1.45. The average Bonchev–Trinajstić information content (AvgIpc) is 3.25. The molecule has 4 rings (SSSR count). The molecule has 0 aromatic carbocycles. The van der Waals surface area contributed by atoms with Crippen LogP contribution in [-0.4, -0.2) is 36.1 Å². The summed E-state index contributed by atoms with van der Waals surface area (Å²) >= 11 is 0. The smallest absolute Gasteiger partial charge is 0.0309 e. The van der Waals surface area contributed by atoms with Crippen LogP contribution in [-0.2, 0) is 0 Å². The fraction of sp³-hybridized carbons (Fsp3) is 1.00. The highest BCUT2D eigenvalue weighted by Gasteiger charge is 2.55. The van der Waals surface area contributed by atoms with E-state index in [1.807, 2.05) is 0 Å². The zero-order valence-electron chi connectivity index (χ0n) is 11.9. The van der Waals surface area contributed by atoms with Gasteiger partial charge in [0.15, 0.2) is 0 Å². The molecule has 0 aromatic rings. The van der Waals surface area contributed by atoms with Gasteiger partial charge >= 0.3 is 0 Å². The molecule has 0 bridgehead atoms. The second-order valence-electron chi connectivity index (χ2n) is 7.76. The summed E-state index contributed by atoms with van der Waals surface area (Å²) in [6, 6.07) is 0.757. The van der Waals surface area contributed by atoms with Crippen LogP contribution in [0.25, 0.3) is 0 Å². The summed E-state index contributed by atoms with van der Waals surface area (Å²) in [5.74, 6) is 1.11. The summed E-state index contributed by atoms with van der Waals surface area (Å²) < 4.78 is 0. The molecule has 0 amide bonds. The number of hydrogen-bond acceptors (Lipinski definition) is 2. The summed E-state index contributed by atoms with van der Waals surface area (Å²) in [5.41, 5.74) is 1.29. The lowest BCUT2D eigenvalue weighted by Crippen LogP contribution is -2.63. The highest BCUT2D eigenvalue weighted by atomic mass is 15.3. The molecule has 1 spiro atoms. The van der Waals surface area contributed by atoms with E-state index in [0.29, 0.717) is 5.54 Å². The first kappa shape index (κ1) is 11.7. The molecule has 1 unspecified atom stereocenters. The maximum atomic E-state index is 3.88. The van der Waals surface area contributed by atoms with Crippen molar-refractivity contribution in [3.8, 4) is 0 Å². The van der Waals surface area contributed by atoms with Gasteiger partial charge in [-0.15, -0.1) is 0 Å². The summed E-state index contributed by atoms with van der Waals surface area (Å²) in [7, 11) is 0. The Hall–Kier alpha value is -0.0800. The van der Waals surface area contributed by atoms with Gasteiger partial charge < -0.3 is 5.32 Å². The minimum atomic E-state index is 0.506. The Kier molecular flexibility index (Phi) is 2.58. The van der Waals surface area contributed by atoms with Crippen LogP contribution in [0.1, 0.15) is 58.3 Å². The topological polar surface area (TPSA) is 15.3 Å². The van der Waals surface area contributed by atoms with Gasteiger partial charge in [0.2, 0.25) is 0 Å². The van der Waals surface area contributed by atoms with E-state index >= 15 is 0 Å². The van der Waals surface area contributed by atoms with E-state index in [9.17, 15) is 0 Å². The third-order valence-corrected chi connectivity index (χ3v) is 6.32. The fourth-order valence-corrected chi connectivity index (χ4v) is 4.65. The predicted octanol–water partition coefficient (Wildman–Crippen LogP) is 2.78. The van der Waals surface area contributed by atoms with E-state index in [1.54, 1.807) is 0 Å². The van der Waals surface area contributed by atoms with Crippen molar-refractivity contribution in [1.82, 2.24) is 10.2 Å². The lowest BCUT2D eigenvalue weighted by atomic mass is 9.90. The van der Waals surface area contributed by atoms with Gasteiger partial charge in [-0.2, -0.15) is 0 Å². The molecule has 2 nitrogen and oxygen atoms in total. The van der Waals surface area contributed by atoms with Gasteiger partial charge in [0, 0.05) is 31.2 Å². The monoisotopic (exact) mass is 248 g/mol. The fourth-order valence-electron chi connectivity index (χ4n) is 4.65. The van der Waals surface area contributed by atoms with Gasteiger partial charge in [0.05, 0.1) is 0 Å². The zero-order valence-corrected chi connectivity index (χ0v) is 11.9. The number of hydrogen-bond donors (Lipinski definition) is 1. The predicted molar refractivity (Wildman–Crippen MR) is 74.6 cm³/mol. The van der Waals surface area contributed by atoms with Gasteiger partial charge in [-0.1, -0.05) is 12.8 Å². The van der Waals surface area contributed by atoms with Crippen molar-refractivity contribution < 1.29 is 0 Å². The first-order valence-electron chi connectivity index (χ1n) is 8.21. The molecular formula is C16H28N2. The molecule has 4 fully saturated rings. The SMILES string of the molecule is CC1CNC2(CCCC2)CN1CC1(C2CC2)CC1. The third kappa shape index (κ3) is 1.92. The van der Waals surface area contributed by atoms with Gasteiger partial charge in [-0.05, 0) is 56.8 Å². The molecule has 0 radical (unpaired) electrons. The van der Waals surface area contributed by atoms with E-state index in [-0.39, 0.29) is 0 Å². The molecule has 1 atom stereocenters.